The van der Waals surface area contributed by atoms with Crippen LogP contribution < -0.4 is 5.32 Å². The van der Waals surface area contributed by atoms with Gasteiger partial charge in [0.15, 0.2) is 0 Å². The van der Waals surface area contributed by atoms with Crippen molar-refractivity contribution in [3.8, 4) is 5.69 Å². The molecule has 0 aliphatic carbocycles. The molecule has 8 heteroatoms. The molecule has 0 radical (unpaired) electrons. The Hall–Kier alpha value is -2.55. The van der Waals surface area contributed by atoms with Crippen LogP contribution in [0.15, 0.2) is 41.8 Å². The van der Waals surface area contributed by atoms with Gasteiger partial charge in [-0.2, -0.15) is 5.10 Å². The van der Waals surface area contributed by atoms with Gasteiger partial charge in [0, 0.05) is 36.4 Å². The van der Waals surface area contributed by atoms with E-state index in [0.717, 1.165) is 47.7 Å². The molecule has 0 saturated heterocycles. The highest BCUT2D eigenvalue weighted by Gasteiger charge is 2.19. The summed E-state index contributed by atoms with van der Waals surface area (Å²) in [6.07, 6.45) is 1.09. The number of benzene rings is 1. The number of thiophene rings is 2. The standard InChI is InChI=1S/C22H21FN4OS2/c1-14-18-12-20(30-22(18)27(25-14)17-4-2-16(23)3-5-17)21(28)24-8-10-26-9-6-19-15(13-26)7-11-29-19/h2-5,7,11-12H,6,8-10,13H2,1H3,(H,24,28). The highest BCUT2D eigenvalue weighted by atomic mass is 32.1. The van der Waals surface area contributed by atoms with E-state index in [1.807, 2.05) is 24.3 Å². The zero-order valence-corrected chi connectivity index (χ0v) is 18.2. The van der Waals surface area contributed by atoms with Crippen LogP contribution in [0, 0.1) is 12.7 Å². The smallest absolute Gasteiger partial charge is 0.261 e. The number of fused-ring (bicyclic) bond motifs is 2. The van der Waals surface area contributed by atoms with Crippen LogP contribution in [0.2, 0.25) is 0 Å². The first-order valence-corrected chi connectivity index (χ1v) is 11.6. The highest BCUT2D eigenvalue weighted by Crippen LogP contribution is 2.30. The van der Waals surface area contributed by atoms with Gasteiger partial charge in [-0.15, -0.1) is 22.7 Å². The molecule has 5 rings (SSSR count). The van der Waals surface area contributed by atoms with Crippen LogP contribution in [0.4, 0.5) is 4.39 Å². The molecule has 1 aromatic carbocycles. The van der Waals surface area contributed by atoms with Gasteiger partial charge in [0.1, 0.15) is 10.6 Å². The molecule has 0 spiro atoms. The summed E-state index contributed by atoms with van der Waals surface area (Å²) in [7, 11) is 0. The lowest BCUT2D eigenvalue weighted by Crippen LogP contribution is -2.37. The summed E-state index contributed by atoms with van der Waals surface area (Å²) in [6, 6.07) is 10.3. The summed E-state index contributed by atoms with van der Waals surface area (Å²) in [5.74, 6) is -0.344. The lowest BCUT2D eigenvalue weighted by molar-refractivity contribution is 0.0951. The van der Waals surface area contributed by atoms with Crippen LogP contribution in [0.1, 0.15) is 25.8 Å². The molecule has 0 unspecified atom stereocenters. The van der Waals surface area contributed by atoms with Crippen molar-refractivity contribution < 1.29 is 9.18 Å². The maximum absolute atomic E-state index is 13.3. The molecule has 1 N–H and O–H groups in total. The third-order valence-corrected chi connectivity index (χ3v) is 7.57. The van der Waals surface area contributed by atoms with Crippen molar-refractivity contribution in [3.05, 3.63) is 68.6 Å². The SMILES string of the molecule is Cc1nn(-c2ccc(F)cc2)c2sc(C(=O)NCCN3CCc4sccc4C3)cc12. The number of aryl methyl sites for hydroxylation is 1. The quantitative estimate of drug-likeness (QED) is 0.501. The minimum atomic E-state index is -0.283. The van der Waals surface area contributed by atoms with E-state index < -0.39 is 0 Å². The summed E-state index contributed by atoms with van der Waals surface area (Å²) >= 11 is 3.25. The van der Waals surface area contributed by atoms with Crippen molar-refractivity contribution in [2.75, 3.05) is 19.6 Å². The third-order valence-electron chi connectivity index (χ3n) is 5.44. The molecular formula is C22H21FN4OS2. The summed E-state index contributed by atoms with van der Waals surface area (Å²) in [5.41, 5.74) is 3.05. The molecule has 3 aromatic heterocycles. The third kappa shape index (κ3) is 3.66. The molecule has 4 aromatic rings. The van der Waals surface area contributed by atoms with E-state index >= 15 is 0 Å². The van der Waals surface area contributed by atoms with Crippen LogP contribution >= 0.6 is 22.7 Å². The van der Waals surface area contributed by atoms with E-state index in [2.05, 4.69) is 26.8 Å². The Kier molecular flexibility index (Phi) is 5.14. The molecule has 154 valence electrons. The Morgan fingerprint density at radius 1 is 1.27 bits per heavy atom. The van der Waals surface area contributed by atoms with E-state index in [1.165, 1.54) is 33.9 Å². The van der Waals surface area contributed by atoms with Crippen LogP contribution in [-0.4, -0.2) is 40.2 Å². The number of carbonyl (C=O) groups is 1. The predicted molar refractivity (Wildman–Crippen MR) is 119 cm³/mol. The second-order valence-corrected chi connectivity index (χ2v) is 9.49. The minimum Gasteiger partial charge on any atom is -0.350 e. The van der Waals surface area contributed by atoms with Crippen LogP contribution in [0.5, 0.6) is 0 Å². The topological polar surface area (TPSA) is 50.2 Å². The Morgan fingerprint density at radius 2 is 2.10 bits per heavy atom. The first-order valence-electron chi connectivity index (χ1n) is 9.89. The fourth-order valence-corrected chi connectivity index (χ4v) is 5.82. The number of hydrogen-bond donors (Lipinski definition) is 1. The Morgan fingerprint density at radius 3 is 2.93 bits per heavy atom. The summed E-state index contributed by atoms with van der Waals surface area (Å²) < 4.78 is 15.0. The van der Waals surface area contributed by atoms with Gasteiger partial charge in [0.2, 0.25) is 0 Å². The number of aromatic nitrogens is 2. The molecule has 1 aliphatic rings. The lowest BCUT2D eigenvalue weighted by atomic mass is 10.1. The Labute approximate surface area is 181 Å². The largest absolute Gasteiger partial charge is 0.350 e. The van der Waals surface area contributed by atoms with Crippen molar-refractivity contribution in [2.24, 2.45) is 0 Å². The average molecular weight is 441 g/mol. The second-order valence-electron chi connectivity index (χ2n) is 7.45. The molecule has 0 atom stereocenters. The minimum absolute atomic E-state index is 0.0607. The number of hydrogen-bond acceptors (Lipinski definition) is 5. The maximum atomic E-state index is 13.3. The monoisotopic (exact) mass is 440 g/mol. The maximum Gasteiger partial charge on any atom is 0.261 e. The first kappa shape index (κ1) is 19.4. The van der Waals surface area contributed by atoms with Gasteiger partial charge < -0.3 is 5.32 Å². The van der Waals surface area contributed by atoms with Crippen molar-refractivity contribution in [1.29, 1.82) is 0 Å². The van der Waals surface area contributed by atoms with Crippen LogP contribution in [0.25, 0.3) is 15.9 Å². The number of halogens is 1. The molecule has 5 nitrogen and oxygen atoms in total. The van der Waals surface area contributed by atoms with E-state index in [1.54, 1.807) is 16.8 Å². The molecular weight excluding hydrogens is 419 g/mol. The van der Waals surface area contributed by atoms with E-state index in [4.69, 9.17) is 0 Å². The van der Waals surface area contributed by atoms with Gasteiger partial charge in [-0.05, 0) is 60.7 Å². The summed E-state index contributed by atoms with van der Waals surface area (Å²) in [5, 5.41) is 10.7. The van der Waals surface area contributed by atoms with Gasteiger partial charge in [0.25, 0.3) is 5.91 Å². The van der Waals surface area contributed by atoms with Crippen molar-refractivity contribution in [3.63, 3.8) is 0 Å². The molecule has 4 heterocycles. The summed E-state index contributed by atoms with van der Waals surface area (Å²) in [6.45, 7) is 5.39. The van der Waals surface area contributed by atoms with E-state index in [0.29, 0.717) is 11.4 Å². The number of rotatable bonds is 5. The Balaban J connectivity index is 1.26. The number of amides is 1. The highest BCUT2D eigenvalue weighted by molar-refractivity contribution is 7.20. The molecule has 0 fully saturated rings. The molecule has 0 bridgehead atoms. The zero-order chi connectivity index (χ0) is 20.7. The van der Waals surface area contributed by atoms with Gasteiger partial charge in [0.05, 0.1) is 16.3 Å². The predicted octanol–water partition coefficient (Wildman–Crippen LogP) is 4.38. The number of carbonyl (C=O) groups excluding carboxylic acids is 1. The fraction of sp³-hybridized carbons (Fsp3) is 0.273. The van der Waals surface area contributed by atoms with Crippen molar-refractivity contribution in [2.45, 2.75) is 19.9 Å². The fourth-order valence-electron chi connectivity index (χ4n) is 3.83. The molecule has 1 aliphatic heterocycles. The molecule has 0 saturated carbocycles. The van der Waals surface area contributed by atoms with Crippen molar-refractivity contribution in [1.82, 2.24) is 20.0 Å². The number of nitrogens with zero attached hydrogens (tertiary/aromatic N) is 3. The lowest BCUT2D eigenvalue weighted by Gasteiger charge is -2.26. The van der Waals surface area contributed by atoms with Gasteiger partial charge >= 0.3 is 0 Å². The zero-order valence-electron chi connectivity index (χ0n) is 16.5. The normalized spacial score (nSPS) is 14.2. The van der Waals surface area contributed by atoms with Crippen LogP contribution in [0.3, 0.4) is 0 Å². The second kappa shape index (κ2) is 7.94. The molecule has 1 amide bonds. The summed E-state index contributed by atoms with van der Waals surface area (Å²) in [4.78, 5) is 18.2. The number of nitrogens with one attached hydrogen (secondary N) is 1. The molecule has 30 heavy (non-hydrogen) atoms. The van der Waals surface area contributed by atoms with Gasteiger partial charge in [-0.1, -0.05) is 0 Å². The Bertz CT molecular complexity index is 1210. The van der Waals surface area contributed by atoms with Crippen molar-refractivity contribution >= 4 is 38.8 Å². The first-order chi connectivity index (χ1) is 14.6. The van der Waals surface area contributed by atoms with E-state index in [-0.39, 0.29) is 11.7 Å². The average Bonchev–Trinajstić information content (AvgIpc) is 3.45. The van der Waals surface area contributed by atoms with Gasteiger partial charge in [-0.25, -0.2) is 9.07 Å². The van der Waals surface area contributed by atoms with E-state index in [9.17, 15) is 9.18 Å². The van der Waals surface area contributed by atoms with Gasteiger partial charge in [-0.3, -0.25) is 9.69 Å². The van der Waals surface area contributed by atoms with Crippen LogP contribution in [-0.2, 0) is 13.0 Å².